The molecule has 0 bridgehead atoms. The molecule has 94 valence electrons. The van der Waals surface area contributed by atoms with Crippen molar-refractivity contribution in [3.63, 3.8) is 0 Å². The molecule has 0 atom stereocenters. The van der Waals surface area contributed by atoms with Gasteiger partial charge in [-0.3, -0.25) is 9.59 Å². The quantitative estimate of drug-likeness (QED) is 0.497. The van der Waals surface area contributed by atoms with Gasteiger partial charge in [0.15, 0.2) is 0 Å². The van der Waals surface area contributed by atoms with Crippen LogP contribution < -0.4 is 5.32 Å². The number of nitrogens with zero attached hydrogens (tertiary/aromatic N) is 2. The highest BCUT2D eigenvalue weighted by Crippen LogP contribution is 1.97. The smallest absolute Gasteiger partial charge is 0.246 e. The van der Waals surface area contributed by atoms with E-state index in [1.807, 2.05) is 30.3 Å². The number of hydrogen-bond donors (Lipinski definition) is 1. The number of carbonyl (C=O) groups is 2. The molecule has 1 aromatic carbocycles. The maximum Gasteiger partial charge on any atom is 0.246 e. The number of carbonyl (C=O) groups excluding carboxylic acids is 2. The van der Waals surface area contributed by atoms with E-state index in [1.165, 1.54) is 20.1 Å². The average molecular weight is 263 g/mol. The minimum atomic E-state index is -0.374. The third-order valence-electron chi connectivity index (χ3n) is 1.90. The van der Waals surface area contributed by atoms with Crippen molar-refractivity contribution in [2.24, 2.45) is 5.10 Å². The van der Waals surface area contributed by atoms with Crippen LogP contribution in [0.5, 0.6) is 0 Å². The molecule has 0 aliphatic carbocycles. The third-order valence-corrected chi connectivity index (χ3v) is 2.17. The van der Waals surface area contributed by atoms with Crippen LogP contribution in [0.25, 0.3) is 0 Å². The molecule has 1 rings (SSSR count). The van der Waals surface area contributed by atoms with Crippen LogP contribution in [0.4, 0.5) is 0 Å². The first-order valence-corrected chi connectivity index (χ1v) is 5.63. The average Bonchev–Trinajstić information content (AvgIpc) is 2.29. The largest absolute Gasteiger partial charge is 0.301 e. The summed E-state index contributed by atoms with van der Waals surface area (Å²) in [5, 5.41) is 7.22. The summed E-state index contributed by atoms with van der Waals surface area (Å²) in [4.78, 5) is 22.2. The van der Waals surface area contributed by atoms with E-state index in [1.54, 1.807) is 0 Å². The van der Waals surface area contributed by atoms with Crippen LogP contribution in [-0.4, -0.2) is 28.2 Å². The van der Waals surface area contributed by atoms with Gasteiger partial charge in [0.2, 0.25) is 16.9 Å². The second-order valence-corrected chi connectivity index (χ2v) is 3.86. The highest BCUT2D eigenvalue weighted by Gasteiger charge is 2.13. The SMILES string of the molecule is CC(=O)NC(=S)N(N=Cc1ccccc1)C(C)=O. The van der Waals surface area contributed by atoms with Gasteiger partial charge in [0.25, 0.3) is 0 Å². The fourth-order valence-corrected chi connectivity index (χ4v) is 1.46. The number of hydrogen-bond acceptors (Lipinski definition) is 4. The van der Waals surface area contributed by atoms with E-state index in [-0.39, 0.29) is 16.9 Å². The standard InChI is InChI=1S/C12H13N3O2S/c1-9(16)14-12(18)15(10(2)17)13-8-11-6-4-3-5-7-11/h3-8H,1-2H3,(H,14,16,18). The lowest BCUT2D eigenvalue weighted by atomic mass is 10.2. The maximum absolute atomic E-state index is 11.4. The maximum atomic E-state index is 11.4. The van der Waals surface area contributed by atoms with Gasteiger partial charge < -0.3 is 5.32 Å². The zero-order valence-electron chi connectivity index (χ0n) is 10.1. The fraction of sp³-hybridized carbons (Fsp3) is 0.167. The molecule has 0 aliphatic rings. The molecule has 1 aromatic rings. The molecule has 6 heteroatoms. The van der Waals surface area contributed by atoms with E-state index in [4.69, 9.17) is 12.2 Å². The highest BCUT2D eigenvalue weighted by atomic mass is 32.1. The van der Waals surface area contributed by atoms with E-state index >= 15 is 0 Å². The number of thiocarbonyl (C=S) groups is 1. The summed E-state index contributed by atoms with van der Waals surface area (Å²) in [6.07, 6.45) is 1.50. The van der Waals surface area contributed by atoms with E-state index in [0.717, 1.165) is 10.6 Å². The predicted molar refractivity (Wildman–Crippen MR) is 73.0 cm³/mol. The summed E-state index contributed by atoms with van der Waals surface area (Å²) in [6, 6.07) is 9.26. The predicted octanol–water partition coefficient (Wildman–Crippen LogP) is 1.29. The van der Waals surface area contributed by atoms with Gasteiger partial charge in [-0.05, 0) is 17.8 Å². The fourth-order valence-electron chi connectivity index (χ4n) is 1.14. The Balaban J connectivity index is 2.81. The van der Waals surface area contributed by atoms with Crippen LogP contribution in [0.3, 0.4) is 0 Å². The first-order chi connectivity index (χ1) is 8.50. The summed E-state index contributed by atoms with van der Waals surface area (Å²) in [5.74, 6) is -0.720. The molecule has 0 aromatic heterocycles. The molecule has 0 fully saturated rings. The molecule has 0 saturated carbocycles. The van der Waals surface area contributed by atoms with E-state index in [2.05, 4.69) is 10.4 Å². The number of hydrazone groups is 1. The van der Waals surface area contributed by atoms with Gasteiger partial charge >= 0.3 is 0 Å². The number of nitrogens with one attached hydrogen (secondary N) is 1. The molecule has 5 nitrogen and oxygen atoms in total. The molecular formula is C12H13N3O2S. The second-order valence-electron chi connectivity index (χ2n) is 3.47. The van der Waals surface area contributed by atoms with Crippen LogP contribution in [0.2, 0.25) is 0 Å². The van der Waals surface area contributed by atoms with Crippen molar-refractivity contribution in [2.75, 3.05) is 0 Å². The Bertz CT molecular complexity index is 485. The Morgan fingerprint density at radius 3 is 2.39 bits per heavy atom. The molecule has 0 saturated heterocycles. The van der Waals surface area contributed by atoms with E-state index in [0.29, 0.717) is 0 Å². The summed E-state index contributed by atoms with van der Waals surface area (Å²) >= 11 is 4.90. The topological polar surface area (TPSA) is 61.8 Å². The van der Waals surface area contributed by atoms with Crippen molar-refractivity contribution in [1.29, 1.82) is 0 Å². The van der Waals surface area contributed by atoms with Gasteiger partial charge in [0, 0.05) is 13.8 Å². The summed E-state index contributed by atoms with van der Waals surface area (Å²) < 4.78 is 0. The Labute approximate surface area is 110 Å². The van der Waals surface area contributed by atoms with Crippen LogP contribution >= 0.6 is 12.2 Å². The Morgan fingerprint density at radius 1 is 1.28 bits per heavy atom. The molecular weight excluding hydrogens is 250 g/mol. The first-order valence-electron chi connectivity index (χ1n) is 5.22. The van der Waals surface area contributed by atoms with Gasteiger partial charge in [-0.2, -0.15) is 10.1 Å². The monoisotopic (exact) mass is 263 g/mol. The molecule has 18 heavy (non-hydrogen) atoms. The van der Waals surface area contributed by atoms with Crippen LogP contribution in [0.15, 0.2) is 35.4 Å². The molecule has 0 spiro atoms. The van der Waals surface area contributed by atoms with Crippen molar-refractivity contribution in [3.05, 3.63) is 35.9 Å². The summed E-state index contributed by atoms with van der Waals surface area (Å²) in [7, 11) is 0. The van der Waals surface area contributed by atoms with Crippen LogP contribution in [0, 0.1) is 0 Å². The third kappa shape index (κ3) is 4.42. The minimum absolute atomic E-state index is 0.0396. The first kappa shape index (κ1) is 14.0. The Morgan fingerprint density at radius 2 is 1.89 bits per heavy atom. The van der Waals surface area contributed by atoms with Crippen molar-refractivity contribution >= 4 is 35.4 Å². The molecule has 0 aliphatic heterocycles. The molecule has 0 heterocycles. The van der Waals surface area contributed by atoms with Gasteiger partial charge in [0.1, 0.15) is 0 Å². The second kappa shape index (κ2) is 6.61. The minimum Gasteiger partial charge on any atom is -0.301 e. The number of benzene rings is 1. The van der Waals surface area contributed by atoms with Crippen molar-refractivity contribution in [1.82, 2.24) is 10.3 Å². The van der Waals surface area contributed by atoms with Gasteiger partial charge in [-0.15, -0.1) is 0 Å². The van der Waals surface area contributed by atoms with Crippen LogP contribution in [0.1, 0.15) is 19.4 Å². The van der Waals surface area contributed by atoms with Crippen molar-refractivity contribution in [3.8, 4) is 0 Å². The lowest BCUT2D eigenvalue weighted by Gasteiger charge is -2.15. The van der Waals surface area contributed by atoms with Crippen LogP contribution in [-0.2, 0) is 9.59 Å². The molecule has 2 amide bonds. The van der Waals surface area contributed by atoms with E-state index < -0.39 is 0 Å². The van der Waals surface area contributed by atoms with E-state index in [9.17, 15) is 9.59 Å². The van der Waals surface area contributed by atoms with Crippen molar-refractivity contribution < 1.29 is 9.59 Å². The van der Waals surface area contributed by atoms with Crippen molar-refractivity contribution in [2.45, 2.75) is 13.8 Å². The zero-order valence-corrected chi connectivity index (χ0v) is 10.9. The lowest BCUT2D eigenvalue weighted by molar-refractivity contribution is -0.125. The summed E-state index contributed by atoms with van der Waals surface area (Å²) in [5.41, 5.74) is 0.828. The Hall–Kier alpha value is -2.08. The summed E-state index contributed by atoms with van der Waals surface area (Å²) in [6.45, 7) is 2.63. The highest BCUT2D eigenvalue weighted by molar-refractivity contribution is 7.80. The lowest BCUT2D eigenvalue weighted by Crippen LogP contribution is -2.41. The number of rotatable bonds is 2. The van der Waals surface area contributed by atoms with Gasteiger partial charge in [-0.25, -0.2) is 0 Å². The molecule has 1 N–H and O–H groups in total. The zero-order chi connectivity index (χ0) is 13.5. The normalized spacial score (nSPS) is 10.1. The molecule has 0 radical (unpaired) electrons. The molecule has 0 unspecified atom stereocenters. The van der Waals surface area contributed by atoms with Gasteiger partial charge in [0.05, 0.1) is 6.21 Å². The van der Waals surface area contributed by atoms with Gasteiger partial charge in [-0.1, -0.05) is 30.3 Å². The number of amides is 2. The Kier molecular flexibility index (Phi) is 5.13.